The van der Waals surface area contributed by atoms with Gasteiger partial charge in [0, 0.05) is 17.2 Å². The van der Waals surface area contributed by atoms with Crippen LogP contribution in [0.5, 0.6) is 11.5 Å². The van der Waals surface area contributed by atoms with E-state index in [-0.39, 0.29) is 5.04 Å². The Morgan fingerprint density at radius 2 is 1.81 bits per heavy atom. The minimum atomic E-state index is -1.94. The van der Waals surface area contributed by atoms with Crippen molar-refractivity contribution in [2.75, 3.05) is 7.11 Å². The monoisotopic (exact) mass is 452 g/mol. The van der Waals surface area contributed by atoms with Crippen molar-refractivity contribution in [3.05, 3.63) is 59.4 Å². The molecule has 1 aliphatic carbocycles. The molecule has 0 unspecified atom stereocenters. The minimum Gasteiger partial charge on any atom is -0.547 e. The Morgan fingerprint density at radius 1 is 1.19 bits per heavy atom. The van der Waals surface area contributed by atoms with Gasteiger partial charge in [0.25, 0.3) is 0 Å². The Balaban J connectivity index is 2.02. The molecule has 1 aliphatic rings. The first-order chi connectivity index (χ1) is 14.9. The number of hydrogen-bond acceptors (Lipinski definition) is 3. The van der Waals surface area contributed by atoms with Crippen LogP contribution in [0, 0.1) is 11.8 Å². The summed E-state index contributed by atoms with van der Waals surface area (Å²) in [6.45, 7) is 20.1. The van der Waals surface area contributed by atoms with Crippen molar-refractivity contribution >= 4 is 19.1 Å². The molecule has 3 rings (SSSR count). The summed E-state index contributed by atoms with van der Waals surface area (Å²) in [7, 11) is -0.248. The lowest BCUT2D eigenvalue weighted by Gasteiger charge is -2.41. The second kappa shape index (κ2) is 8.97. The summed E-state index contributed by atoms with van der Waals surface area (Å²) in [5.74, 6) is 3.00. The molecule has 0 amide bonds. The van der Waals surface area contributed by atoms with Crippen LogP contribution in [-0.4, -0.2) is 20.5 Å². The Hall–Kier alpha value is -2.20. The third-order valence-corrected chi connectivity index (χ3v) is 12.0. The summed E-state index contributed by atoms with van der Waals surface area (Å²) < 4.78 is 12.5. The summed E-state index contributed by atoms with van der Waals surface area (Å²) in [5, 5.41) is 13.0. The standard InChI is InChI=1S/C28H40O3Si/c1-18(2)20-14-21(19(3)25(16-20)31-32(8,9)28(4,5)6)15-22-17-26(30-7)23-12-10-11-13-24(23)27(22)29/h10-13,17,20-21,29H,1,14-16H2,2-9H3/t20-,21+/m1/s1. The van der Waals surface area contributed by atoms with E-state index in [0.717, 1.165) is 47.1 Å². The number of phenolic OH excluding ortho intramolecular Hbond substituents is 1. The summed E-state index contributed by atoms with van der Waals surface area (Å²) in [4.78, 5) is 0. The molecule has 32 heavy (non-hydrogen) atoms. The van der Waals surface area contributed by atoms with Gasteiger partial charge in [-0.1, -0.05) is 57.2 Å². The Labute approximate surface area is 195 Å². The highest BCUT2D eigenvalue weighted by molar-refractivity contribution is 6.74. The average Bonchev–Trinajstić information content (AvgIpc) is 2.71. The van der Waals surface area contributed by atoms with Crippen LogP contribution >= 0.6 is 0 Å². The van der Waals surface area contributed by atoms with E-state index in [1.54, 1.807) is 7.11 Å². The van der Waals surface area contributed by atoms with Crippen molar-refractivity contribution < 1.29 is 14.3 Å². The van der Waals surface area contributed by atoms with Gasteiger partial charge in [-0.3, -0.25) is 0 Å². The van der Waals surface area contributed by atoms with Gasteiger partial charge in [-0.2, -0.15) is 0 Å². The van der Waals surface area contributed by atoms with Crippen molar-refractivity contribution in [1.82, 2.24) is 0 Å². The molecule has 1 N–H and O–H groups in total. The maximum Gasteiger partial charge on any atom is 0.250 e. The van der Waals surface area contributed by atoms with Crippen LogP contribution in [0.25, 0.3) is 10.8 Å². The number of ether oxygens (including phenoxy) is 1. The number of methoxy groups -OCH3 is 1. The van der Waals surface area contributed by atoms with Gasteiger partial charge in [0.15, 0.2) is 0 Å². The van der Waals surface area contributed by atoms with Gasteiger partial charge in [0.05, 0.1) is 12.9 Å². The van der Waals surface area contributed by atoms with E-state index in [0.29, 0.717) is 17.6 Å². The maximum atomic E-state index is 11.1. The molecular formula is C28H40O3Si. The SMILES string of the molecule is C=C(C)[C@H]1CC(O[Si](C)(C)C(C)(C)C)=C(C)[C@H](Cc2cc(OC)c3ccccc3c2O)C1. The first-order valence-corrected chi connectivity index (χ1v) is 14.6. The van der Waals surface area contributed by atoms with E-state index >= 15 is 0 Å². The number of phenols is 1. The normalized spacial score (nSPS) is 19.9. The van der Waals surface area contributed by atoms with Crippen molar-refractivity contribution in [2.24, 2.45) is 11.8 Å². The van der Waals surface area contributed by atoms with Crippen LogP contribution in [0.3, 0.4) is 0 Å². The molecule has 0 radical (unpaired) electrons. The summed E-state index contributed by atoms with van der Waals surface area (Å²) in [5.41, 5.74) is 3.46. The third-order valence-electron chi connectivity index (χ3n) is 7.68. The zero-order valence-corrected chi connectivity index (χ0v) is 22.1. The highest BCUT2D eigenvalue weighted by Crippen LogP contribution is 2.45. The topological polar surface area (TPSA) is 38.7 Å². The molecule has 0 spiro atoms. The van der Waals surface area contributed by atoms with Crippen molar-refractivity contribution in [3.63, 3.8) is 0 Å². The molecule has 0 heterocycles. The van der Waals surface area contributed by atoms with Gasteiger partial charge >= 0.3 is 0 Å². The molecule has 2 aromatic carbocycles. The molecule has 0 aromatic heterocycles. The lowest BCUT2D eigenvalue weighted by atomic mass is 9.75. The lowest BCUT2D eigenvalue weighted by Crippen LogP contribution is -2.41. The average molecular weight is 453 g/mol. The fourth-order valence-corrected chi connectivity index (χ4v) is 5.55. The van der Waals surface area contributed by atoms with E-state index in [1.165, 1.54) is 11.1 Å². The molecule has 3 nitrogen and oxygen atoms in total. The molecule has 2 aromatic rings. The molecule has 0 saturated carbocycles. The van der Waals surface area contributed by atoms with E-state index in [4.69, 9.17) is 9.16 Å². The number of aromatic hydroxyl groups is 1. The van der Waals surface area contributed by atoms with Crippen LogP contribution in [0.4, 0.5) is 0 Å². The Morgan fingerprint density at radius 3 is 2.38 bits per heavy atom. The zero-order chi connectivity index (χ0) is 23.8. The first-order valence-electron chi connectivity index (χ1n) is 11.7. The summed E-state index contributed by atoms with van der Waals surface area (Å²) in [6.07, 6.45) is 2.71. The highest BCUT2D eigenvalue weighted by atomic mass is 28.4. The fourth-order valence-electron chi connectivity index (χ4n) is 4.38. The van der Waals surface area contributed by atoms with Gasteiger partial charge in [-0.15, -0.1) is 0 Å². The van der Waals surface area contributed by atoms with E-state index in [9.17, 15) is 5.11 Å². The maximum absolute atomic E-state index is 11.1. The largest absolute Gasteiger partial charge is 0.547 e. The number of hydrogen-bond donors (Lipinski definition) is 1. The summed E-state index contributed by atoms with van der Waals surface area (Å²) in [6, 6.07) is 9.89. The lowest BCUT2D eigenvalue weighted by molar-refractivity contribution is 0.290. The van der Waals surface area contributed by atoms with Crippen LogP contribution in [0.1, 0.15) is 53.0 Å². The number of allylic oxidation sites excluding steroid dienone is 3. The number of fused-ring (bicyclic) bond motifs is 1. The van der Waals surface area contributed by atoms with Crippen LogP contribution in [-0.2, 0) is 10.8 Å². The van der Waals surface area contributed by atoms with Crippen molar-refractivity contribution in [2.45, 2.75) is 72.0 Å². The highest BCUT2D eigenvalue weighted by Gasteiger charge is 2.41. The van der Waals surface area contributed by atoms with Crippen LogP contribution in [0.2, 0.25) is 18.1 Å². The van der Waals surface area contributed by atoms with Crippen molar-refractivity contribution in [1.29, 1.82) is 0 Å². The number of benzene rings is 2. The predicted octanol–water partition coefficient (Wildman–Crippen LogP) is 7.99. The fraction of sp³-hybridized carbons (Fsp3) is 0.500. The van der Waals surface area contributed by atoms with E-state index in [2.05, 4.69) is 54.3 Å². The molecular weight excluding hydrogens is 412 g/mol. The van der Waals surface area contributed by atoms with E-state index in [1.807, 2.05) is 30.3 Å². The Kier molecular flexibility index (Phi) is 6.85. The van der Waals surface area contributed by atoms with Gasteiger partial charge in [0.1, 0.15) is 11.5 Å². The van der Waals surface area contributed by atoms with Crippen molar-refractivity contribution in [3.8, 4) is 11.5 Å². The minimum absolute atomic E-state index is 0.149. The van der Waals surface area contributed by atoms with Gasteiger partial charge in [-0.05, 0) is 73.9 Å². The van der Waals surface area contributed by atoms with Crippen LogP contribution < -0.4 is 4.74 Å². The third kappa shape index (κ3) is 4.75. The molecule has 0 bridgehead atoms. The van der Waals surface area contributed by atoms with Gasteiger partial charge < -0.3 is 14.3 Å². The molecule has 0 aliphatic heterocycles. The molecule has 0 saturated heterocycles. The predicted molar refractivity (Wildman–Crippen MR) is 138 cm³/mol. The van der Waals surface area contributed by atoms with Gasteiger partial charge in [0.2, 0.25) is 8.32 Å². The Bertz CT molecular complexity index is 1040. The molecule has 4 heteroatoms. The number of rotatable bonds is 6. The van der Waals surface area contributed by atoms with E-state index < -0.39 is 8.32 Å². The first kappa shape index (κ1) is 24.4. The summed E-state index contributed by atoms with van der Waals surface area (Å²) >= 11 is 0. The van der Waals surface area contributed by atoms with Gasteiger partial charge in [-0.25, -0.2) is 0 Å². The zero-order valence-electron chi connectivity index (χ0n) is 21.1. The molecule has 174 valence electrons. The second-order valence-corrected chi connectivity index (χ2v) is 15.7. The molecule has 0 fully saturated rings. The molecule has 2 atom stereocenters. The second-order valence-electron chi connectivity index (χ2n) is 11.0. The van der Waals surface area contributed by atoms with Crippen LogP contribution in [0.15, 0.2) is 53.8 Å². The quantitative estimate of drug-likeness (QED) is 0.356. The smallest absolute Gasteiger partial charge is 0.250 e.